The predicted molar refractivity (Wildman–Crippen MR) is 563 cm³/mol. The van der Waals surface area contributed by atoms with E-state index in [1.807, 2.05) is 128 Å². The lowest BCUT2D eigenvalue weighted by atomic mass is 9.88. The van der Waals surface area contributed by atoms with Gasteiger partial charge in [-0.1, -0.05) is 58.0 Å². The van der Waals surface area contributed by atoms with E-state index in [4.69, 9.17) is 87.4 Å². The summed E-state index contributed by atoms with van der Waals surface area (Å²) in [6.07, 6.45) is 35.3. The molecule has 5 saturated heterocycles. The van der Waals surface area contributed by atoms with E-state index >= 15 is 0 Å². The molecule has 7 amide bonds. The zero-order valence-electron chi connectivity index (χ0n) is 80.1. The Kier molecular flexibility index (Phi) is 29.5. The number of aryl methyl sites for hydroxylation is 2. The summed E-state index contributed by atoms with van der Waals surface area (Å²) in [4.78, 5) is 126. The lowest BCUT2D eigenvalue weighted by Gasteiger charge is -2.28. The van der Waals surface area contributed by atoms with E-state index in [2.05, 4.69) is 47.4 Å². The van der Waals surface area contributed by atoms with Gasteiger partial charge in [-0.3, -0.25) is 63.5 Å². The van der Waals surface area contributed by atoms with E-state index in [1.165, 1.54) is 90.1 Å². The Morgan fingerprint density at radius 2 is 0.604 bits per heavy atom. The molecule has 10 aliphatic heterocycles. The number of pyridine rings is 6. The molecule has 25 rings (SSSR count). The Morgan fingerprint density at radius 1 is 0.312 bits per heavy atom. The van der Waals surface area contributed by atoms with Crippen LogP contribution in [0.15, 0.2) is 152 Å². The third-order valence-corrected chi connectivity index (χ3v) is 32.8. The fraction of sp³-hybridized carbons (Fsp3) is 0.384. The number of amides is 7. The largest absolute Gasteiger partial charge is 0.479 e. The first kappa shape index (κ1) is 98.0. The van der Waals surface area contributed by atoms with E-state index in [0.717, 1.165) is 288 Å². The number of nitrogens with two attached hydrogens (primary N) is 1. The summed E-state index contributed by atoms with van der Waals surface area (Å²) >= 11 is 34.9. The van der Waals surface area contributed by atoms with Crippen molar-refractivity contribution in [1.29, 1.82) is 0 Å². The van der Waals surface area contributed by atoms with Crippen LogP contribution >= 0.6 is 80.7 Å². The van der Waals surface area contributed by atoms with E-state index in [-0.39, 0.29) is 35.4 Å². The van der Waals surface area contributed by atoms with Gasteiger partial charge in [0.15, 0.2) is 30.5 Å². The number of benzene rings is 5. The normalized spacial score (nSPS) is 19.3. The number of carbonyl (C=O) groups is 7. The summed E-state index contributed by atoms with van der Waals surface area (Å²) in [7, 11) is 1.61. The molecule has 5 atom stereocenters. The zero-order valence-corrected chi connectivity index (χ0v) is 85.5. The molecule has 25 nitrogen and oxygen atoms in total. The number of carbonyl (C=O) groups excluding carboxylic acids is 7. The predicted octanol–water partition coefficient (Wildman–Crippen LogP) is 21.4. The number of nitrogens with zero attached hydrogens (tertiary/aromatic N) is 11. The number of ether oxygens (including phenoxy) is 5. The van der Waals surface area contributed by atoms with Crippen LogP contribution in [0.25, 0.3) is 87.1 Å². The molecule has 0 bridgehead atoms. The van der Waals surface area contributed by atoms with Crippen molar-refractivity contribution in [3.63, 3.8) is 0 Å². The molecule has 5 fully saturated rings. The van der Waals surface area contributed by atoms with Crippen molar-refractivity contribution >= 4 is 153 Å². The Labute approximate surface area is 868 Å². The fourth-order valence-electron chi connectivity index (χ4n) is 22.3. The van der Waals surface area contributed by atoms with Gasteiger partial charge >= 0.3 is 0 Å². The minimum absolute atomic E-state index is 0.0417. The van der Waals surface area contributed by atoms with Crippen LogP contribution in [-0.2, 0) is 81.8 Å². The molecular weight excluding hydrogens is 1960 g/mol. The molecule has 32 heteroatoms. The number of aromatic nitrogens is 6. The molecule has 2 aliphatic carbocycles. The van der Waals surface area contributed by atoms with Crippen LogP contribution in [-0.4, -0.2) is 199 Å². The monoisotopic (exact) mass is 2070 g/mol. The minimum Gasteiger partial charge on any atom is -0.479 e. The molecule has 18 heterocycles. The van der Waals surface area contributed by atoms with Gasteiger partial charge in [0, 0.05) is 251 Å². The van der Waals surface area contributed by atoms with Crippen molar-refractivity contribution in [2.24, 2.45) is 5.73 Å². The first-order chi connectivity index (χ1) is 70.2. The number of fused-ring (bicyclic) bond motifs is 10. The molecule has 144 heavy (non-hydrogen) atoms. The maximum atomic E-state index is 13.0. The first-order valence-electron chi connectivity index (χ1n) is 50.5. The summed E-state index contributed by atoms with van der Waals surface area (Å²) in [5.74, 6) is 3.55. The van der Waals surface area contributed by atoms with Crippen molar-refractivity contribution in [3.05, 3.63) is 238 Å². The topological polar surface area (TPSA) is 297 Å². The minimum atomic E-state index is -0.530. The highest BCUT2D eigenvalue weighted by Crippen LogP contribution is 2.52. The molecule has 12 aliphatic rings. The van der Waals surface area contributed by atoms with Crippen molar-refractivity contribution in [2.75, 3.05) is 72.5 Å². The number of piperidine rings is 5. The Bertz CT molecular complexity index is 7190. The number of likely N-dealkylation sites (tertiary alicyclic amines) is 5. The lowest BCUT2D eigenvalue weighted by Crippen LogP contribution is -2.43. The standard InChI is InChI=1S/C23H22ClN3O3S.C23H25ClN2O2.C22H20ClN3O3S.C22H20ClN3O2.C22H23ClN2O2/c1-25-22(28)19-12-17-21(31-19)15(5-6-26-17)16-11-14(24)9-13-10-18(30-20(13)16)23(29)27-7-3-2-4-8-27;24-16-12-15-13-21(23(27)26-10-4-1-5-11-26)28-22(15)19(14-16)17-8-9-25-20-7-3-2-6-18(17)20;23-13-8-12-9-17(22(28)26-6-2-1-3-7-26)29-19(12)15(10-13)14-4-5-25-16-11-18(21(24)27)30-20(14)16;23-15-11-14-12-19(22(27)26-9-2-1-3-10-26)28-21(14)17(13-15)16-6-8-24-18-5-4-7-25-20(16)18;23-15-11-14-12-20(22(26)25-9-2-1-3-10-25)27-21(14)18(13-15)16-7-8-24-19-6-4-5-17(16)19/h5-6,9,11-12,18H,2-4,7-8,10H2,1H3,(H,25,28);8-9,12,14,21H,1-7,10-11,13H2;4-5,8,10-11,17H,1-3,6-7,9H2,(H2,24,27);4-8,11,13,19H,1-3,9-10,12H2;7-8,11,13,20H,1-6,9-10,12H2. The van der Waals surface area contributed by atoms with E-state index in [0.29, 0.717) is 84.0 Å². The van der Waals surface area contributed by atoms with Gasteiger partial charge in [-0.2, -0.15) is 0 Å². The second kappa shape index (κ2) is 43.3. The molecule has 13 aromatic rings. The quantitative estimate of drug-likeness (QED) is 0.115. The maximum Gasteiger partial charge on any atom is 0.263 e. The van der Waals surface area contributed by atoms with Crippen LogP contribution in [0.3, 0.4) is 0 Å². The lowest BCUT2D eigenvalue weighted by molar-refractivity contribution is -0.139. The third-order valence-electron chi connectivity index (χ3n) is 29.4. The highest BCUT2D eigenvalue weighted by atomic mass is 35.5. The van der Waals surface area contributed by atoms with Crippen LogP contribution in [0.4, 0.5) is 0 Å². The second-order valence-electron chi connectivity index (χ2n) is 38.9. The Morgan fingerprint density at radius 3 is 0.958 bits per heavy atom. The molecule has 0 radical (unpaired) electrons. The highest BCUT2D eigenvalue weighted by Gasteiger charge is 2.43. The van der Waals surface area contributed by atoms with Crippen LogP contribution < -0.4 is 34.7 Å². The van der Waals surface area contributed by atoms with Gasteiger partial charge in [-0.05, 0) is 279 Å². The summed E-state index contributed by atoms with van der Waals surface area (Å²) < 4.78 is 32.9. The van der Waals surface area contributed by atoms with Crippen molar-refractivity contribution in [1.82, 2.24) is 59.7 Å². The van der Waals surface area contributed by atoms with E-state index in [9.17, 15) is 33.6 Å². The summed E-state index contributed by atoms with van der Waals surface area (Å²) in [6, 6.07) is 36.2. The summed E-state index contributed by atoms with van der Waals surface area (Å²) in [5, 5.41) is 5.85. The summed E-state index contributed by atoms with van der Waals surface area (Å²) in [6.45, 7) is 8.21. The van der Waals surface area contributed by atoms with Crippen LogP contribution in [0.2, 0.25) is 25.1 Å². The number of halogens is 5. The average Bonchev–Trinajstić information content (AvgIpc) is 1.64. The van der Waals surface area contributed by atoms with Gasteiger partial charge in [0.25, 0.3) is 41.4 Å². The molecule has 742 valence electrons. The van der Waals surface area contributed by atoms with Gasteiger partial charge in [0.05, 0.1) is 41.2 Å². The van der Waals surface area contributed by atoms with Gasteiger partial charge in [-0.15, -0.1) is 22.7 Å². The Balaban J connectivity index is 0.000000106. The molecule has 8 aromatic heterocycles. The highest BCUT2D eigenvalue weighted by molar-refractivity contribution is 7.21. The molecular formula is C112H110Cl5N13O12S2. The van der Waals surface area contributed by atoms with Gasteiger partial charge in [0.2, 0.25) is 0 Å². The number of hydrogen-bond donors (Lipinski definition) is 2. The zero-order chi connectivity index (χ0) is 98.9. The number of thiophene rings is 2. The van der Waals surface area contributed by atoms with Gasteiger partial charge < -0.3 is 59.2 Å². The smallest absolute Gasteiger partial charge is 0.263 e. The second-order valence-corrected chi connectivity index (χ2v) is 43.1. The van der Waals surface area contributed by atoms with Crippen molar-refractivity contribution < 1.29 is 57.2 Å². The Hall–Kier alpha value is -12.1. The third kappa shape index (κ3) is 20.6. The van der Waals surface area contributed by atoms with Gasteiger partial charge in [0.1, 0.15) is 28.7 Å². The van der Waals surface area contributed by atoms with E-state index in [1.54, 1.807) is 44.0 Å². The molecule has 3 N–H and O–H groups in total. The van der Waals surface area contributed by atoms with Crippen molar-refractivity contribution in [2.45, 2.75) is 204 Å². The SMILES string of the molecule is CNC(=O)c1cc2nccc(-c3cc(Cl)cc4c3OC(C(=O)N3CCCCC3)C4)c2s1.NC(=O)c1cc2nccc(-c3cc(Cl)cc4c3OC(C(=O)N3CCCCC3)C4)c2s1.O=C(C1Cc2cc(Cl)cc(-c3ccnc4c3CCC4)c2O1)N1CCCCC1.O=C(C1Cc2cc(Cl)cc(-c3ccnc4c3CCCC4)c2O1)N1CCCCC1.O=C(C1Cc2cc(Cl)cc(-c3ccnc4cccnc34)c2O1)N1CCCCC1. The van der Waals surface area contributed by atoms with Crippen LogP contribution in [0.5, 0.6) is 28.7 Å². The van der Waals surface area contributed by atoms with Crippen LogP contribution in [0.1, 0.15) is 185 Å². The molecule has 5 unspecified atom stereocenters. The van der Waals surface area contributed by atoms with E-state index < -0.39 is 36.4 Å². The molecule has 0 spiro atoms. The fourth-order valence-corrected chi connectivity index (χ4v) is 25.6. The number of primary amides is 1. The first-order valence-corrected chi connectivity index (χ1v) is 54.0. The molecule has 5 aromatic carbocycles. The summed E-state index contributed by atoms with van der Waals surface area (Å²) in [5.41, 5.74) is 27.9. The van der Waals surface area contributed by atoms with Crippen molar-refractivity contribution in [3.8, 4) is 84.4 Å². The molecule has 0 saturated carbocycles. The maximum absolute atomic E-state index is 13.0. The average molecular weight is 2070 g/mol. The number of nitrogens with one attached hydrogen (secondary N) is 1. The van der Waals surface area contributed by atoms with Gasteiger partial charge in [-0.25, -0.2) is 0 Å². The van der Waals surface area contributed by atoms with Crippen LogP contribution in [0, 0.1) is 0 Å². The number of rotatable bonds is 12. The number of hydrogen-bond acceptors (Lipinski definition) is 20.